The van der Waals surface area contributed by atoms with Gasteiger partial charge in [-0.1, -0.05) is 13.8 Å². The van der Waals surface area contributed by atoms with Gasteiger partial charge in [0.15, 0.2) is 0 Å². The standard InChI is InChI=1S/C16H29N3O/c1-4-14(5-2)19-10-9-13(18-19)11-15(17)16(20-6-3)12-7-8-12/h9-10,12,14-16H,4-8,11,17H2,1-3H3. The molecule has 0 aliphatic heterocycles. The van der Waals surface area contributed by atoms with Gasteiger partial charge in [0.2, 0.25) is 0 Å². The maximum absolute atomic E-state index is 6.35. The molecule has 4 nitrogen and oxygen atoms in total. The van der Waals surface area contributed by atoms with Crippen molar-refractivity contribution in [1.29, 1.82) is 0 Å². The molecule has 114 valence electrons. The molecule has 20 heavy (non-hydrogen) atoms. The predicted molar refractivity (Wildman–Crippen MR) is 81.7 cm³/mol. The second kappa shape index (κ2) is 7.23. The van der Waals surface area contributed by atoms with Crippen molar-refractivity contribution in [2.24, 2.45) is 11.7 Å². The number of rotatable bonds is 9. The molecule has 1 aliphatic rings. The van der Waals surface area contributed by atoms with Crippen molar-refractivity contribution in [3.05, 3.63) is 18.0 Å². The van der Waals surface area contributed by atoms with Crippen molar-refractivity contribution >= 4 is 0 Å². The summed E-state index contributed by atoms with van der Waals surface area (Å²) in [4.78, 5) is 0. The van der Waals surface area contributed by atoms with E-state index in [0.29, 0.717) is 12.0 Å². The van der Waals surface area contributed by atoms with Crippen LogP contribution in [-0.2, 0) is 11.2 Å². The zero-order valence-corrected chi connectivity index (χ0v) is 13.1. The third-order valence-corrected chi connectivity index (χ3v) is 4.29. The quantitative estimate of drug-likeness (QED) is 0.756. The Bertz CT molecular complexity index is 396. The van der Waals surface area contributed by atoms with Crippen molar-refractivity contribution in [3.8, 4) is 0 Å². The Morgan fingerprint density at radius 2 is 2.05 bits per heavy atom. The van der Waals surface area contributed by atoms with Crippen LogP contribution in [-0.4, -0.2) is 28.5 Å². The minimum atomic E-state index is 0.0625. The molecule has 0 aromatic carbocycles. The summed E-state index contributed by atoms with van der Waals surface area (Å²) in [5.74, 6) is 0.672. The topological polar surface area (TPSA) is 53.1 Å². The van der Waals surface area contributed by atoms with Crippen LogP contribution in [0.2, 0.25) is 0 Å². The van der Waals surface area contributed by atoms with Crippen LogP contribution in [0.3, 0.4) is 0 Å². The minimum Gasteiger partial charge on any atom is -0.377 e. The summed E-state index contributed by atoms with van der Waals surface area (Å²) < 4.78 is 7.93. The number of hydrogen-bond acceptors (Lipinski definition) is 3. The number of nitrogens with zero attached hydrogens (tertiary/aromatic N) is 2. The van der Waals surface area contributed by atoms with Crippen molar-refractivity contribution in [2.75, 3.05) is 6.61 Å². The zero-order valence-electron chi connectivity index (χ0n) is 13.1. The Hall–Kier alpha value is -0.870. The van der Waals surface area contributed by atoms with E-state index < -0.39 is 0 Å². The molecule has 0 saturated heterocycles. The summed E-state index contributed by atoms with van der Waals surface area (Å²) in [6, 6.07) is 2.67. The van der Waals surface area contributed by atoms with Gasteiger partial charge in [0.25, 0.3) is 0 Å². The molecule has 1 fully saturated rings. The van der Waals surface area contributed by atoms with Crippen LogP contribution in [0.4, 0.5) is 0 Å². The van der Waals surface area contributed by atoms with Crippen LogP contribution in [0.15, 0.2) is 12.3 Å². The summed E-state index contributed by atoms with van der Waals surface area (Å²) in [6.45, 7) is 7.21. The summed E-state index contributed by atoms with van der Waals surface area (Å²) in [5, 5.41) is 4.70. The number of nitrogens with two attached hydrogens (primary N) is 1. The average molecular weight is 279 g/mol. The molecule has 2 unspecified atom stereocenters. The number of ether oxygens (including phenoxy) is 1. The summed E-state index contributed by atoms with van der Waals surface area (Å²) in [7, 11) is 0. The summed E-state index contributed by atoms with van der Waals surface area (Å²) >= 11 is 0. The van der Waals surface area contributed by atoms with Crippen LogP contribution < -0.4 is 5.73 Å². The SMILES string of the molecule is CCOC(C(N)Cc1ccn(C(CC)CC)n1)C1CC1. The first-order valence-electron chi connectivity index (χ1n) is 8.10. The second-order valence-corrected chi connectivity index (χ2v) is 5.88. The molecule has 1 aromatic heterocycles. The van der Waals surface area contributed by atoms with Gasteiger partial charge in [0, 0.05) is 25.3 Å². The van der Waals surface area contributed by atoms with Crippen molar-refractivity contribution in [3.63, 3.8) is 0 Å². The average Bonchev–Trinajstić information content (AvgIpc) is 3.18. The molecule has 1 saturated carbocycles. The molecule has 1 aromatic rings. The Kier molecular flexibility index (Phi) is 5.61. The smallest absolute Gasteiger partial charge is 0.0757 e. The molecule has 0 radical (unpaired) electrons. The lowest BCUT2D eigenvalue weighted by atomic mass is 10.0. The molecule has 2 atom stereocenters. The molecule has 0 amide bonds. The maximum Gasteiger partial charge on any atom is 0.0757 e. The highest BCUT2D eigenvalue weighted by Crippen LogP contribution is 2.36. The monoisotopic (exact) mass is 279 g/mol. The van der Waals surface area contributed by atoms with E-state index in [0.717, 1.165) is 31.6 Å². The van der Waals surface area contributed by atoms with E-state index in [1.165, 1.54) is 12.8 Å². The molecule has 1 heterocycles. The van der Waals surface area contributed by atoms with Gasteiger partial charge in [-0.3, -0.25) is 4.68 Å². The molecule has 2 N–H and O–H groups in total. The van der Waals surface area contributed by atoms with Gasteiger partial charge in [0.1, 0.15) is 0 Å². The van der Waals surface area contributed by atoms with Gasteiger partial charge in [-0.25, -0.2) is 0 Å². The van der Waals surface area contributed by atoms with E-state index in [1.807, 2.05) is 6.92 Å². The third kappa shape index (κ3) is 3.83. The lowest BCUT2D eigenvalue weighted by Crippen LogP contribution is -2.40. The van der Waals surface area contributed by atoms with Crippen LogP contribution >= 0.6 is 0 Å². The van der Waals surface area contributed by atoms with E-state index in [2.05, 4.69) is 30.8 Å². The van der Waals surface area contributed by atoms with E-state index in [9.17, 15) is 0 Å². The fourth-order valence-electron chi connectivity index (χ4n) is 2.94. The molecule has 4 heteroatoms. The highest BCUT2D eigenvalue weighted by atomic mass is 16.5. The van der Waals surface area contributed by atoms with E-state index >= 15 is 0 Å². The van der Waals surface area contributed by atoms with Gasteiger partial charge >= 0.3 is 0 Å². The molecular weight excluding hydrogens is 250 g/mol. The number of hydrogen-bond donors (Lipinski definition) is 1. The van der Waals surface area contributed by atoms with Crippen molar-refractivity contribution < 1.29 is 4.74 Å². The fourth-order valence-corrected chi connectivity index (χ4v) is 2.94. The molecule has 0 spiro atoms. The van der Waals surface area contributed by atoms with Gasteiger partial charge in [-0.05, 0) is 44.6 Å². The normalized spacial score (nSPS) is 18.4. The lowest BCUT2D eigenvalue weighted by molar-refractivity contribution is 0.0285. The first kappa shape index (κ1) is 15.5. The Morgan fingerprint density at radius 1 is 1.35 bits per heavy atom. The second-order valence-electron chi connectivity index (χ2n) is 5.88. The molecule has 1 aliphatic carbocycles. The van der Waals surface area contributed by atoms with Crippen LogP contribution in [0.1, 0.15) is 58.2 Å². The first-order chi connectivity index (χ1) is 9.69. The summed E-state index contributed by atoms with van der Waals surface area (Å²) in [5.41, 5.74) is 7.45. The maximum atomic E-state index is 6.35. The lowest BCUT2D eigenvalue weighted by Gasteiger charge is -2.23. The van der Waals surface area contributed by atoms with Gasteiger partial charge < -0.3 is 10.5 Å². The van der Waals surface area contributed by atoms with Gasteiger partial charge in [0.05, 0.1) is 17.8 Å². The van der Waals surface area contributed by atoms with Gasteiger partial charge in [-0.15, -0.1) is 0 Å². The van der Waals surface area contributed by atoms with Crippen LogP contribution in [0.5, 0.6) is 0 Å². The molecule has 0 bridgehead atoms. The van der Waals surface area contributed by atoms with Crippen molar-refractivity contribution in [2.45, 2.75) is 71.1 Å². The highest BCUT2D eigenvalue weighted by Gasteiger charge is 2.35. The predicted octanol–water partition coefficient (Wildman–Crippen LogP) is 2.93. The van der Waals surface area contributed by atoms with E-state index in [1.54, 1.807) is 0 Å². The Labute approximate surface area is 122 Å². The van der Waals surface area contributed by atoms with Gasteiger partial charge in [-0.2, -0.15) is 5.10 Å². The first-order valence-corrected chi connectivity index (χ1v) is 8.10. The van der Waals surface area contributed by atoms with Crippen LogP contribution in [0, 0.1) is 5.92 Å². The summed E-state index contributed by atoms with van der Waals surface area (Å²) in [6.07, 6.45) is 7.88. The van der Waals surface area contributed by atoms with E-state index in [4.69, 9.17) is 15.6 Å². The van der Waals surface area contributed by atoms with E-state index in [-0.39, 0.29) is 12.1 Å². The molecule has 2 rings (SSSR count). The fraction of sp³-hybridized carbons (Fsp3) is 0.812. The largest absolute Gasteiger partial charge is 0.377 e. The highest BCUT2D eigenvalue weighted by molar-refractivity contribution is 5.04. The Morgan fingerprint density at radius 3 is 2.60 bits per heavy atom. The van der Waals surface area contributed by atoms with Crippen molar-refractivity contribution in [1.82, 2.24) is 9.78 Å². The zero-order chi connectivity index (χ0) is 14.5. The molecular formula is C16H29N3O. The van der Waals surface area contributed by atoms with Crippen LogP contribution in [0.25, 0.3) is 0 Å². The minimum absolute atomic E-state index is 0.0625. The third-order valence-electron chi connectivity index (χ3n) is 4.29. The number of aromatic nitrogens is 2. The Balaban J connectivity index is 1.94.